The van der Waals surface area contributed by atoms with Crippen LogP contribution < -0.4 is 9.88 Å². The van der Waals surface area contributed by atoms with Gasteiger partial charge in [-0.3, -0.25) is 4.79 Å². The largest absolute Gasteiger partial charge is 0.320 e. The lowest BCUT2D eigenvalue weighted by Crippen LogP contribution is -2.40. The van der Waals surface area contributed by atoms with Crippen molar-refractivity contribution >= 4 is 11.6 Å². The third kappa shape index (κ3) is 3.44. The second kappa shape index (κ2) is 6.33. The minimum absolute atomic E-state index is 0.000605. The van der Waals surface area contributed by atoms with E-state index in [-0.39, 0.29) is 5.91 Å². The van der Waals surface area contributed by atoms with Crippen LogP contribution in [0.5, 0.6) is 0 Å². The van der Waals surface area contributed by atoms with Gasteiger partial charge in [0.2, 0.25) is 6.54 Å². The highest BCUT2D eigenvalue weighted by molar-refractivity contribution is 5.91. The van der Waals surface area contributed by atoms with E-state index in [0.29, 0.717) is 6.54 Å². The summed E-state index contributed by atoms with van der Waals surface area (Å²) in [6.07, 6.45) is 4.91. The number of para-hydroxylation sites is 1. The number of amides is 1. The van der Waals surface area contributed by atoms with Crippen LogP contribution in [0.15, 0.2) is 42.7 Å². The molecule has 3 nitrogen and oxygen atoms in total. The van der Waals surface area contributed by atoms with Crippen molar-refractivity contribution in [3.8, 4) is 0 Å². The molecule has 0 aliphatic rings. The highest BCUT2D eigenvalue weighted by atomic mass is 16.1. The van der Waals surface area contributed by atoms with Gasteiger partial charge in [0.25, 0.3) is 5.91 Å². The molecule has 1 heterocycles. The number of rotatable bonds is 4. The third-order valence-corrected chi connectivity index (χ3v) is 3.40. The first-order chi connectivity index (χ1) is 9.60. The van der Waals surface area contributed by atoms with Gasteiger partial charge in [0, 0.05) is 17.3 Å². The summed E-state index contributed by atoms with van der Waals surface area (Å²) in [5.74, 6) is 0.000605. The van der Waals surface area contributed by atoms with Gasteiger partial charge < -0.3 is 5.32 Å². The van der Waals surface area contributed by atoms with E-state index >= 15 is 0 Å². The normalized spacial score (nSPS) is 10.3. The summed E-state index contributed by atoms with van der Waals surface area (Å²) in [7, 11) is 0. The third-order valence-electron chi connectivity index (χ3n) is 3.40. The summed E-state index contributed by atoms with van der Waals surface area (Å²) in [6, 6.07) is 10.1. The van der Waals surface area contributed by atoms with Crippen molar-refractivity contribution in [2.75, 3.05) is 5.32 Å². The zero-order chi connectivity index (χ0) is 14.5. The summed E-state index contributed by atoms with van der Waals surface area (Å²) >= 11 is 0. The predicted molar refractivity (Wildman–Crippen MR) is 80.6 cm³/mol. The topological polar surface area (TPSA) is 33.0 Å². The molecule has 2 rings (SSSR count). The second-order valence-electron chi connectivity index (χ2n) is 5.05. The van der Waals surface area contributed by atoms with Crippen LogP contribution in [0.4, 0.5) is 5.69 Å². The zero-order valence-corrected chi connectivity index (χ0v) is 12.3. The number of carbonyl (C=O) groups is 1. The number of carbonyl (C=O) groups excluding carboxylic acids is 1. The van der Waals surface area contributed by atoms with Gasteiger partial charge >= 0.3 is 0 Å². The van der Waals surface area contributed by atoms with Crippen LogP contribution in [0.25, 0.3) is 0 Å². The van der Waals surface area contributed by atoms with Gasteiger partial charge in [-0.05, 0) is 37.5 Å². The Morgan fingerprint density at radius 2 is 1.85 bits per heavy atom. The monoisotopic (exact) mass is 269 g/mol. The average molecular weight is 269 g/mol. The molecule has 104 valence electrons. The number of nitrogens with zero attached hydrogens (tertiary/aromatic N) is 1. The molecule has 0 aliphatic heterocycles. The molecule has 0 saturated heterocycles. The molecule has 20 heavy (non-hydrogen) atoms. The molecule has 1 N–H and O–H groups in total. The molecular formula is C17H21N2O+. The molecule has 0 aliphatic carbocycles. The molecular weight excluding hydrogens is 248 g/mol. The maximum absolute atomic E-state index is 12.2. The van der Waals surface area contributed by atoms with Crippen molar-refractivity contribution in [2.45, 2.75) is 33.7 Å². The molecule has 0 bridgehead atoms. The molecule has 0 radical (unpaired) electrons. The fourth-order valence-electron chi connectivity index (χ4n) is 2.24. The van der Waals surface area contributed by atoms with Gasteiger partial charge in [-0.1, -0.05) is 25.1 Å². The average Bonchev–Trinajstić information content (AvgIpc) is 2.43. The van der Waals surface area contributed by atoms with Crippen molar-refractivity contribution in [1.82, 2.24) is 0 Å². The molecule has 1 aromatic carbocycles. The van der Waals surface area contributed by atoms with Crippen molar-refractivity contribution < 1.29 is 9.36 Å². The molecule has 2 aromatic rings. The number of hydrogen-bond donors (Lipinski definition) is 1. The number of aryl methyl sites for hydroxylation is 3. The van der Waals surface area contributed by atoms with E-state index in [9.17, 15) is 4.79 Å². The van der Waals surface area contributed by atoms with Crippen LogP contribution in [-0.4, -0.2) is 5.91 Å². The fourth-order valence-corrected chi connectivity index (χ4v) is 2.24. The van der Waals surface area contributed by atoms with E-state index in [1.165, 1.54) is 5.56 Å². The van der Waals surface area contributed by atoms with E-state index in [1.807, 2.05) is 55.1 Å². The van der Waals surface area contributed by atoms with E-state index in [4.69, 9.17) is 0 Å². The molecule has 0 saturated carbocycles. The summed E-state index contributed by atoms with van der Waals surface area (Å²) in [5, 5.41) is 3.00. The standard InChI is InChI=1S/C17H20N2O/c1-4-15-9-6-10-19(11-15)12-16(20)18-17-13(2)7-5-8-14(17)3/h5-11H,4,12H2,1-3H3/p+1. The van der Waals surface area contributed by atoms with Crippen LogP contribution in [0.3, 0.4) is 0 Å². The van der Waals surface area contributed by atoms with Gasteiger partial charge in [0.1, 0.15) is 0 Å². The Labute approximate surface area is 120 Å². The van der Waals surface area contributed by atoms with Crippen LogP contribution in [0.1, 0.15) is 23.6 Å². The van der Waals surface area contributed by atoms with Gasteiger partial charge in [-0.15, -0.1) is 0 Å². The first-order valence-electron chi connectivity index (χ1n) is 6.94. The van der Waals surface area contributed by atoms with Gasteiger partial charge in [0.15, 0.2) is 12.4 Å². The van der Waals surface area contributed by atoms with Crippen molar-refractivity contribution in [3.63, 3.8) is 0 Å². The summed E-state index contributed by atoms with van der Waals surface area (Å²) < 4.78 is 1.92. The SMILES string of the molecule is CCc1ccc[n+](CC(=O)Nc2c(C)cccc2C)c1. The number of benzene rings is 1. The minimum atomic E-state index is 0.000605. The van der Waals surface area contributed by atoms with E-state index < -0.39 is 0 Å². The Hall–Kier alpha value is -2.16. The Bertz CT molecular complexity index is 600. The molecule has 1 aromatic heterocycles. The van der Waals surface area contributed by atoms with Crippen molar-refractivity contribution in [1.29, 1.82) is 0 Å². The number of pyridine rings is 1. The minimum Gasteiger partial charge on any atom is -0.320 e. The smallest absolute Gasteiger partial charge is 0.290 e. The van der Waals surface area contributed by atoms with Crippen LogP contribution >= 0.6 is 0 Å². The van der Waals surface area contributed by atoms with Gasteiger partial charge in [-0.2, -0.15) is 4.57 Å². The van der Waals surface area contributed by atoms with Crippen LogP contribution in [-0.2, 0) is 17.8 Å². The van der Waals surface area contributed by atoms with E-state index in [1.54, 1.807) is 0 Å². The molecule has 0 fully saturated rings. The molecule has 0 unspecified atom stereocenters. The Morgan fingerprint density at radius 3 is 2.50 bits per heavy atom. The first-order valence-corrected chi connectivity index (χ1v) is 6.94. The Kier molecular flexibility index (Phi) is 4.51. The van der Waals surface area contributed by atoms with Crippen LogP contribution in [0, 0.1) is 13.8 Å². The predicted octanol–water partition coefficient (Wildman–Crippen LogP) is 2.79. The molecule has 3 heteroatoms. The van der Waals surface area contributed by atoms with Crippen molar-refractivity contribution in [3.05, 3.63) is 59.4 Å². The van der Waals surface area contributed by atoms with Gasteiger partial charge in [-0.25, -0.2) is 0 Å². The summed E-state index contributed by atoms with van der Waals surface area (Å²) in [6.45, 7) is 6.46. The van der Waals surface area contributed by atoms with E-state index in [2.05, 4.69) is 18.3 Å². The maximum atomic E-state index is 12.2. The maximum Gasteiger partial charge on any atom is 0.290 e. The van der Waals surface area contributed by atoms with Crippen LogP contribution in [0.2, 0.25) is 0 Å². The van der Waals surface area contributed by atoms with Gasteiger partial charge in [0.05, 0.1) is 0 Å². The lowest BCUT2D eigenvalue weighted by molar-refractivity contribution is -0.684. The molecule has 0 atom stereocenters. The first kappa shape index (κ1) is 14.3. The number of nitrogens with one attached hydrogen (secondary N) is 1. The highest BCUT2D eigenvalue weighted by Crippen LogP contribution is 2.19. The zero-order valence-electron chi connectivity index (χ0n) is 12.3. The lowest BCUT2D eigenvalue weighted by atomic mass is 10.1. The second-order valence-corrected chi connectivity index (χ2v) is 5.05. The molecule has 1 amide bonds. The highest BCUT2D eigenvalue weighted by Gasteiger charge is 2.12. The number of aromatic nitrogens is 1. The molecule has 0 spiro atoms. The summed E-state index contributed by atoms with van der Waals surface area (Å²) in [5.41, 5.74) is 4.33. The fraction of sp³-hybridized carbons (Fsp3) is 0.294. The number of anilines is 1. The lowest BCUT2D eigenvalue weighted by Gasteiger charge is -2.10. The number of hydrogen-bond acceptors (Lipinski definition) is 1. The van der Waals surface area contributed by atoms with Crippen molar-refractivity contribution in [2.24, 2.45) is 0 Å². The van der Waals surface area contributed by atoms with E-state index in [0.717, 1.165) is 23.2 Å². The Balaban J connectivity index is 2.09. The summed E-state index contributed by atoms with van der Waals surface area (Å²) in [4.78, 5) is 12.2. The quantitative estimate of drug-likeness (QED) is 0.851. The Morgan fingerprint density at radius 1 is 1.15 bits per heavy atom.